The number of ether oxygens (including phenoxy) is 2. The molecule has 0 saturated heterocycles. The van der Waals surface area contributed by atoms with Crippen molar-refractivity contribution in [1.29, 1.82) is 0 Å². The smallest absolute Gasteiger partial charge is 0.299 e. The van der Waals surface area contributed by atoms with E-state index in [2.05, 4.69) is 4.98 Å². The van der Waals surface area contributed by atoms with Crippen LogP contribution in [0.5, 0.6) is 17.2 Å². The number of pyridine rings is 1. The second-order valence-electron chi connectivity index (χ2n) is 4.66. The van der Waals surface area contributed by atoms with E-state index in [1.54, 1.807) is 36.4 Å². The molecule has 0 saturated carbocycles. The summed E-state index contributed by atoms with van der Waals surface area (Å²) in [5.74, 6) is 1.37. The number of methoxy groups -OCH3 is 1. The second-order valence-corrected chi connectivity index (χ2v) is 5.10. The van der Waals surface area contributed by atoms with Crippen molar-refractivity contribution in [2.75, 3.05) is 7.11 Å². The molecule has 0 atom stereocenters. The van der Waals surface area contributed by atoms with Crippen molar-refractivity contribution in [2.24, 2.45) is 0 Å². The zero-order valence-electron chi connectivity index (χ0n) is 12.0. The lowest BCUT2D eigenvalue weighted by molar-refractivity contribution is -0.383. The van der Waals surface area contributed by atoms with Gasteiger partial charge in [0.1, 0.15) is 17.2 Å². The molecule has 116 valence electrons. The van der Waals surface area contributed by atoms with Gasteiger partial charge < -0.3 is 9.47 Å². The Hall–Kier alpha value is -2.86. The zero-order chi connectivity index (χ0) is 16.4. The Kier molecular flexibility index (Phi) is 3.99. The van der Waals surface area contributed by atoms with Crippen LogP contribution >= 0.6 is 11.6 Å². The lowest BCUT2D eigenvalue weighted by Crippen LogP contribution is -1.95. The summed E-state index contributed by atoms with van der Waals surface area (Å²) in [6, 6.07) is 11.4. The van der Waals surface area contributed by atoms with E-state index in [1.807, 2.05) is 0 Å². The maximum atomic E-state index is 11.2. The minimum absolute atomic E-state index is 0.138. The van der Waals surface area contributed by atoms with Crippen LogP contribution in [0.1, 0.15) is 0 Å². The van der Waals surface area contributed by atoms with Gasteiger partial charge in [-0.15, -0.1) is 0 Å². The van der Waals surface area contributed by atoms with E-state index >= 15 is 0 Å². The van der Waals surface area contributed by atoms with Crippen LogP contribution in [0, 0.1) is 10.1 Å². The van der Waals surface area contributed by atoms with Gasteiger partial charge in [-0.1, -0.05) is 11.6 Å². The molecule has 3 aromatic rings. The van der Waals surface area contributed by atoms with Gasteiger partial charge in [0.15, 0.2) is 5.52 Å². The Bertz CT molecular complexity index is 881. The molecular formula is C16H11ClN2O4. The zero-order valence-corrected chi connectivity index (χ0v) is 12.8. The molecule has 23 heavy (non-hydrogen) atoms. The van der Waals surface area contributed by atoms with Crippen LogP contribution in [-0.4, -0.2) is 17.0 Å². The van der Waals surface area contributed by atoms with Gasteiger partial charge in [-0.2, -0.15) is 0 Å². The summed E-state index contributed by atoms with van der Waals surface area (Å²) in [7, 11) is 1.45. The van der Waals surface area contributed by atoms with E-state index in [0.29, 0.717) is 27.7 Å². The number of non-ortho nitro benzene ring substituents is 1. The molecule has 3 rings (SSSR count). The Labute approximate surface area is 136 Å². The van der Waals surface area contributed by atoms with Gasteiger partial charge in [0.05, 0.1) is 23.5 Å². The molecule has 6 nitrogen and oxygen atoms in total. The maximum absolute atomic E-state index is 11.2. The first-order valence-corrected chi connectivity index (χ1v) is 7.01. The molecule has 7 heteroatoms. The molecular weight excluding hydrogens is 320 g/mol. The third-order valence-electron chi connectivity index (χ3n) is 3.23. The van der Waals surface area contributed by atoms with Crippen LogP contribution in [0.15, 0.2) is 48.7 Å². The monoisotopic (exact) mass is 330 g/mol. The Morgan fingerprint density at radius 2 is 1.87 bits per heavy atom. The van der Waals surface area contributed by atoms with E-state index in [1.165, 1.54) is 19.4 Å². The van der Waals surface area contributed by atoms with Crippen molar-refractivity contribution in [3.05, 3.63) is 63.8 Å². The van der Waals surface area contributed by atoms with E-state index in [9.17, 15) is 10.1 Å². The van der Waals surface area contributed by atoms with Gasteiger partial charge in [-0.25, -0.2) is 4.98 Å². The molecule has 0 bridgehead atoms. The van der Waals surface area contributed by atoms with Crippen molar-refractivity contribution in [1.82, 2.24) is 4.98 Å². The van der Waals surface area contributed by atoms with Crippen LogP contribution in [-0.2, 0) is 0 Å². The standard InChI is InChI=1S/C16H11ClN2O4/c1-22-12-8-13-15(23-11-4-2-10(17)3-5-11)6-7-18-16(13)14(9-12)19(20)21/h2-9H,1H3. The predicted octanol–water partition coefficient (Wildman–Crippen LogP) is 4.60. The quantitative estimate of drug-likeness (QED) is 0.516. The molecule has 0 aliphatic rings. The van der Waals surface area contributed by atoms with Crippen molar-refractivity contribution in [2.45, 2.75) is 0 Å². The molecule has 0 radical (unpaired) electrons. The number of hydrogen-bond acceptors (Lipinski definition) is 5. The summed E-state index contributed by atoms with van der Waals surface area (Å²) in [5, 5.41) is 12.3. The minimum atomic E-state index is -0.496. The van der Waals surface area contributed by atoms with E-state index in [0.717, 1.165) is 0 Å². The summed E-state index contributed by atoms with van der Waals surface area (Å²) in [6.07, 6.45) is 1.47. The number of aromatic nitrogens is 1. The van der Waals surface area contributed by atoms with Gasteiger partial charge in [0.2, 0.25) is 0 Å². The molecule has 2 aromatic carbocycles. The third-order valence-corrected chi connectivity index (χ3v) is 3.48. The number of fused-ring (bicyclic) bond motifs is 1. The molecule has 0 N–H and O–H groups in total. The summed E-state index contributed by atoms with van der Waals surface area (Å²) >= 11 is 5.85. The van der Waals surface area contributed by atoms with E-state index in [-0.39, 0.29) is 11.2 Å². The van der Waals surface area contributed by atoms with Crippen LogP contribution in [0.4, 0.5) is 5.69 Å². The first-order valence-electron chi connectivity index (χ1n) is 6.63. The average molecular weight is 331 g/mol. The van der Waals surface area contributed by atoms with Gasteiger partial charge in [0.25, 0.3) is 5.69 Å². The van der Waals surface area contributed by atoms with Gasteiger partial charge >= 0.3 is 0 Å². The maximum Gasteiger partial charge on any atom is 0.299 e. The molecule has 0 unspecified atom stereocenters. The topological polar surface area (TPSA) is 74.5 Å². The van der Waals surface area contributed by atoms with Crippen LogP contribution in [0.25, 0.3) is 10.9 Å². The predicted molar refractivity (Wildman–Crippen MR) is 86.5 cm³/mol. The fraction of sp³-hybridized carbons (Fsp3) is 0.0625. The summed E-state index contributed by atoms with van der Waals surface area (Å²) < 4.78 is 10.9. The highest BCUT2D eigenvalue weighted by molar-refractivity contribution is 6.30. The number of benzene rings is 2. The molecule has 0 aliphatic heterocycles. The highest BCUT2D eigenvalue weighted by Crippen LogP contribution is 2.36. The Morgan fingerprint density at radius 1 is 1.13 bits per heavy atom. The fourth-order valence-electron chi connectivity index (χ4n) is 2.16. The minimum Gasteiger partial charge on any atom is -0.496 e. The summed E-state index contributed by atoms with van der Waals surface area (Å²) in [4.78, 5) is 14.8. The van der Waals surface area contributed by atoms with Crippen molar-refractivity contribution < 1.29 is 14.4 Å². The van der Waals surface area contributed by atoms with Crippen molar-refractivity contribution in [3.8, 4) is 17.2 Å². The molecule has 1 heterocycles. The highest BCUT2D eigenvalue weighted by atomic mass is 35.5. The van der Waals surface area contributed by atoms with Crippen LogP contribution in [0.3, 0.4) is 0 Å². The SMILES string of the molecule is COc1cc([N+](=O)[O-])c2nccc(Oc3ccc(Cl)cc3)c2c1. The Balaban J connectivity index is 2.15. The fourth-order valence-corrected chi connectivity index (χ4v) is 2.29. The molecule has 0 amide bonds. The Morgan fingerprint density at radius 3 is 2.52 bits per heavy atom. The summed E-state index contributed by atoms with van der Waals surface area (Å²) in [6.45, 7) is 0. The lowest BCUT2D eigenvalue weighted by Gasteiger charge is -2.10. The molecule has 0 spiro atoms. The number of rotatable bonds is 4. The second kappa shape index (κ2) is 6.10. The number of nitro groups is 1. The van der Waals surface area contributed by atoms with Crippen molar-refractivity contribution >= 4 is 28.2 Å². The van der Waals surface area contributed by atoms with Gasteiger partial charge in [-0.05, 0) is 36.4 Å². The lowest BCUT2D eigenvalue weighted by atomic mass is 10.1. The molecule has 1 aromatic heterocycles. The number of nitrogens with zero attached hydrogens (tertiary/aromatic N) is 2. The molecule has 0 fully saturated rings. The van der Waals surface area contributed by atoms with Gasteiger partial charge in [-0.3, -0.25) is 10.1 Å². The van der Waals surface area contributed by atoms with Gasteiger partial charge in [0, 0.05) is 11.2 Å². The first kappa shape index (κ1) is 15.1. The number of halogens is 1. The average Bonchev–Trinajstić information content (AvgIpc) is 2.56. The number of nitro benzene ring substituents is 1. The largest absolute Gasteiger partial charge is 0.496 e. The van der Waals surface area contributed by atoms with Crippen LogP contribution in [0.2, 0.25) is 5.02 Å². The van der Waals surface area contributed by atoms with E-state index in [4.69, 9.17) is 21.1 Å². The van der Waals surface area contributed by atoms with E-state index < -0.39 is 4.92 Å². The normalized spacial score (nSPS) is 10.5. The number of hydrogen-bond donors (Lipinski definition) is 0. The summed E-state index contributed by atoms with van der Waals surface area (Å²) in [5.41, 5.74) is 0.100. The van der Waals surface area contributed by atoms with Crippen molar-refractivity contribution in [3.63, 3.8) is 0 Å². The highest BCUT2D eigenvalue weighted by Gasteiger charge is 2.18. The first-order chi connectivity index (χ1) is 11.1. The van der Waals surface area contributed by atoms with Crippen LogP contribution < -0.4 is 9.47 Å². The molecule has 0 aliphatic carbocycles. The third kappa shape index (κ3) is 3.02.